The lowest BCUT2D eigenvalue weighted by molar-refractivity contribution is 0.279. The molecule has 0 N–H and O–H groups in total. The standard InChI is InChI=1S/C16H20N2/c1-3-7-14(8-4-1)16(18-12-11-17-13-18)15-9-5-2-6-10-15/h1,3-4,7-8,11-13,15-16H,2,5-6,9-10H2. The average molecular weight is 240 g/mol. The summed E-state index contributed by atoms with van der Waals surface area (Å²) in [5.41, 5.74) is 1.42. The molecule has 1 aromatic carbocycles. The first-order valence-corrected chi connectivity index (χ1v) is 6.97. The van der Waals surface area contributed by atoms with E-state index < -0.39 is 0 Å². The normalized spacial score (nSPS) is 18.7. The van der Waals surface area contributed by atoms with E-state index in [1.807, 2.05) is 12.5 Å². The Morgan fingerprint density at radius 1 is 1.06 bits per heavy atom. The molecule has 1 heterocycles. The third-order valence-electron chi connectivity index (χ3n) is 4.08. The molecule has 0 bridgehead atoms. The van der Waals surface area contributed by atoms with Crippen molar-refractivity contribution in [1.82, 2.24) is 9.55 Å². The molecule has 2 aromatic rings. The van der Waals surface area contributed by atoms with Crippen molar-refractivity contribution >= 4 is 0 Å². The van der Waals surface area contributed by atoms with Crippen molar-refractivity contribution < 1.29 is 0 Å². The first-order valence-electron chi connectivity index (χ1n) is 6.97. The third kappa shape index (κ3) is 2.33. The number of rotatable bonds is 3. The van der Waals surface area contributed by atoms with Gasteiger partial charge in [-0.25, -0.2) is 4.98 Å². The monoisotopic (exact) mass is 240 g/mol. The van der Waals surface area contributed by atoms with E-state index in [1.165, 1.54) is 37.7 Å². The second-order valence-corrected chi connectivity index (χ2v) is 5.26. The van der Waals surface area contributed by atoms with Crippen molar-refractivity contribution in [2.75, 3.05) is 0 Å². The van der Waals surface area contributed by atoms with E-state index in [-0.39, 0.29) is 0 Å². The van der Waals surface area contributed by atoms with Crippen molar-refractivity contribution in [3.05, 3.63) is 54.6 Å². The molecule has 1 fully saturated rings. The second kappa shape index (κ2) is 5.38. The fourth-order valence-electron chi connectivity index (χ4n) is 3.22. The van der Waals surface area contributed by atoms with Gasteiger partial charge in [-0.1, -0.05) is 49.6 Å². The molecule has 0 amide bonds. The highest BCUT2D eigenvalue weighted by Gasteiger charge is 2.25. The summed E-state index contributed by atoms with van der Waals surface area (Å²) in [4.78, 5) is 4.23. The van der Waals surface area contributed by atoms with Gasteiger partial charge < -0.3 is 4.57 Å². The van der Waals surface area contributed by atoms with Crippen LogP contribution in [0.2, 0.25) is 0 Å². The summed E-state index contributed by atoms with van der Waals surface area (Å²) in [6.07, 6.45) is 12.8. The first-order chi connectivity index (χ1) is 8.95. The van der Waals surface area contributed by atoms with E-state index in [2.05, 4.69) is 46.1 Å². The quantitative estimate of drug-likeness (QED) is 0.791. The summed E-state index contributed by atoms with van der Waals surface area (Å²) >= 11 is 0. The zero-order valence-electron chi connectivity index (χ0n) is 10.7. The number of imidazole rings is 1. The number of benzene rings is 1. The zero-order valence-corrected chi connectivity index (χ0v) is 10.7. The summed E-state index contributed by atoms with van der Waals surface area (Å²) in [5.74, 6) is 0.760. The molecule has 0 aliphatic heterocycles. The number of hydrogen-bond donors (Lipinski definition) is 0. The maximum Gasteiger partial charge on any atom is 0.0951 e. The van der Waals surface area contributed by atoms with E-state index in [0.717, 1.165) is 5.92 Å². The van der Waals surface area contributed by atoms with Crippen LogP contribution in [-0.4, -0.2) is 9.55 Å². The minimum atomic E-state index is 0.467. The predicted octanol–water partition coefficient (Wildman–Crippen LogP) is 4.05. The van der Waals surface area contributed by atoms with Crippen LogP contribution in [0, 0.1) is 5.92 Å². The molecule has 2 heteroatoms. The van der Waals surface area contributed by atoms with Crippen molar-refractivity contribution in [2.45, 2.75) is 38.1 Å². The largest absolute Gasteiger partial charge is 0.330 e. The average Bonchev–Trinajstić information content (AvgIpc) is 2.95. The zero-order chi connectivity index (χ0) is 12.2. The summed E-state index contributed by atoms with van der Waals surface area (Å²) in [5, 5.41) is 0. The lowest BCUT2D eigenvalue weighted by atomic mass is 9.81. The molecule has 1 aliphatic rings. The molecule has 1 aromatic heterocycles. The van der Waals surface area contributed by atoms with Crippen LogP contribution in [0.3, 0.4) is 0 Å². The van der Waals surface area contributed by atoms with Gasteiger partial charge in [0.1, 0.15) is 0 Å². The SMILES string of the molecule is c1ccc(C(C2CCCCC2)n2ccnc2)cc1. The van der Waals surface area contributed by atoms with Gasteiger partial charge in [-0.15, -0.1) is 0 Å². The number of hydrogen-bond acceptors (Lipinski definition) is 1. The molecule has 0 saturated heterocycles. The summed E-state index contributed by atoms with van der Waals surface area (Å²) in [7, 11) is 0. The maximum atomic E-state index is 4.23. The summed E-state index contributed by atoms with van der Waals surface area (Å²) < 4.78 is 2.28. The Morgan fingerprint density at radius 2 is 1.83 bits per heavy atom. The fourth-order valence-corrected chi connectivity index (χ4v) is 3.22. The topological polar surface area (TPSA) is 17.8 Å². The number of nitrogens with zero attached hydrogens (tertiary/aromatic N) is 2. The van der Waals surface area contributed by atoms with E-state index >= 15 is 0 Å². The number of aromatic nitrogens is 2. The van der Waals surface area contributed by atoms with Gasteiger partial charge >= 0.3 is 0 Å². The van der Waals surface area contributed by atoms with E-state index in [0.29, 0.717) is 6.04 Å². The molecular weight excluding hydrogens is 220 g/mol. The van der Waals surface area contributed by atoms with Crippen molar-refractivity contribution in [1.29, 1.82) is 0 Å². The summed E-state index contributed by atoms with van der Waals surface area (Å²) in [6, 6.07) is 11.3. The summed E-state index contributed by atoms with van der Waals surface area (Å²) in [6.45, 7) is 0. The minimum absolute atomic E-state index is 0.467. The van der Waals surface area contributed by atoms with Gasteiger partial charge in [-0.05, 0) is 24.3 Å². The van der Waals surface area contributed by atoms with Crippen molar-refractivity contribution in [3.8, 4) is 0 Å². The van der Waals surface area contributed by atoms with Gasteiger partial charge in [0.2, 0.25) is 0 Å². The second-order valence-electron chi connectivity index (χ2n) is 5.26. The highest BCUT2D eigenvalue weighted by molar-refractivity contribution is 5.21. The molecule has 0 spiro atoms. The van der Waals surface area contributed by atoms with Gasteiger partial charge in [-0.3, -0.25) is 0 Å². The maximum absolute atomic E-state index is 4.23. The Kier molecular flexibility index (Phi) is 3.44. The van der Waals surface area contributed by atoms with Gasteiger partial charge in [0, 0.05) is 12.4 Å². The van der Waals surface area contributed by atoms with Crippen LogP contribution in [0.15, 0.2) is 49.1 Å². The Hall–Kier alpha value is -1.57. The van der Waals surface area contributed by atoms with Crippen LogP contribution >= 0.6 is 0 Å². The lowest BCUT2D eigenvalue weighted by Crippen LogP contribution is -2.22. The fraction of sp³-hybridized carbons (Fsp3) is 0.438. The van der Waals surface area contributed by atoms with Crippen molar-refractivity contribution in [3.63, 3.8) is 0 Å². The lowest BCUT2D eigenvalue weighted by Gasteiger charge is -2.31. The minimum Gasteiger partial charge on any atom is -0.330 e. The van der Waals surface area contributed by atoms with Gasteiger partial charge in [0.05, 0.1) is 12.4 Å². The Balaban J connectivity index is 1.93. The Labute approximate surface area is 109 Å². The highest BCUT2D eigenvalue weighted by atomic mass is 15.1. The molecule has 3 rings (SSSR count). The van der Waals surface area contributed by atoms with Crippen LogP contribution in [0.4, 0.5) is 0 Å². The molecule has 2 nitrogen and oxygen atoms in total. The Morgan fingerprint density at radius 3 is 2.50 bits per heavy atom. The molecule has 1 aliphatic carbocycles. The molecule has 0 radical (unpaired) electrons. The van der Waals surface area contributed by atoms with Gasteiger partial charge in [0.25, 0.3) is 0 Å². The van der Waals surface area contributed by atoms with Crippen molar-refractivity contribution in [2.24, 2.45) is 5.92 Å². The molecule has 1 atom stereocenters. The van der Waals surface area contributed by atoms with Crippen LogP contribution in [0.5, 0.6) is 0 Å². The third-order valence-corrected chi connectivity index (χ3v) is 4.08. The van der Waals surface area contributed by atoms with Crippen LogP contribution in [0.1, 0.15) is 43.7 Å². The van der Waals surface area contributed by atoms with E-state index in [4.69, 9.17) is 0 Å². The van der Waals surface area contributed by atoms with E-state index in [9.17, 15) is 0 Å². The van der Waals surface area contributed by atoms with Crippen LogP contribution in [-0.2, 0) is 0 Å². The van der Waals surface area contributed by atoms with E-state index in [1.54, 1.807) is 0 Å². The molecule has 1 unspecified atom stereocenters. The van der Waals surface area contributed by atoms with Crippen LogP contribution in [0.25, 0.3) is 0 Å². The molecule has 1 saturated carbocycles. The predicted molar refractivity (Wildman–Crippen MR) is 73.4 cm³/mol. The van der Waals surface area contributed by atoms with Gasteiger partial charge in [-0.2, -0.15) is 0 Å². The molecular formula is C16H20N2. The smallest absolute Gasteiger partial charge is 0.0951 e. The highest BCUT2D eigenvalue weighted by Crippen LogP contribution is 2.36. The molecule has 18 heavy (non-hydrogen) atoms. The van der Waals surface area contributed by atoms with Gasteiger partial charge in [0.15, 0.2) is 0 Å². The van der Waals surface area contributed by atoms with Crippen LogP contribution < -0.4 is 0 Å². The first kappa shape index (κ1) is 11.5. The molecule has 94 valence electrons. The Bertz CT molecular complexity index is 455.